The fourth-order valence-corrected chi connectivity index (χ4v) is 4.37. The van der Waals surface area contributed by atoms with Gasteiger partial charge in [-0.1, -0.05) is 38.1 Å². The van der Waals surface area contributed by atoms with E-state index in [0.29, 0.717) is 5.92 Å². The van der Waals surface area contributed by atoms with Gasteiger partial charge in [-0.05, 0) is 66.4 Å². The summed E-state index contributed by atoms with van der Waals surface area (Å²) in [7, 11) is 0. The summed E-state index contributed by atoms with van der Waals surface area (Å²) < 4.78 is 4.48. The molecular weight excluding hydrogens is 306 g/mol. The topological polar surface area (TPSA) is 4.93 Å². The number of benzene rings is 2. The van der Waals surface area contributed by atoms with E-state index in [1.54, 1.807) is 11.3 Å². The van der Waals surface area contributed by atoms with E-state index in [4.69, 9.17) is 12.2 Å². The molecule has 3 aromatic rings. The Morgan fingerprint density at radius 1 is 1.09 bits per heavy atom. The van der Waals surface area contributed by atoms with Gasteiger partial charge in [0.25, 0.3) is 0 Å². The number of fused-ring (bicyclic) bond motifs is 1. The summed E-state index contributed by atoms with van der Waals surface area (Å²) in [5.74, 6) is 0.548. The minimum atomic E-state index is 0.548. The fourth-order valence-electron chi connectivity index (χ4n) is 3.04. The molecule has 0 bridgehead atoms. The van der Waals surface area contributed by atoms with Gasteiger partial charge in [-0.3, -0.25) is 0 Å². The molecule has 3 heteroatoms. The first-order valence-corrected chi connectivity index (χ1v) is 8.88. The zero-order valence-corrected chi connectivity index (χ0v) is 15.1. The lowest BCUT2D eigenvalue weighted by atomic mass is 9.93. The molecule has 0 radical (unpaired) electrons. The number of nitrogens with zero attached hydrogens (tertiary/aromatic N) is 1. The minimum Gasteiger partial charge on any atom is -0.318 e. The van der Waals surface area contributed by atoms with Gasteiger partial charge in [-0.25, -0.2) is 0 Å². The van der Waals surface area contributed by atoms with Crippen molar-refractivity contribution in [1.29, 1.82) is 0 Å². The lowest BCUT2D eigenvalue weighted by molar-refractivity contribution is 0.808. The molecule has 0 unspecified atom stereocenters. The van der Waals surface area contributed by atoms with Gasteiger partial charge in [-0.15, -0.1) is 11.3 Å². The standard InChI is InChI=1S/C19H21NS2/c1-12(2)16-10-15(13(3)9-14(16)4)11-20-17-7-5-6-8-18(17)22-19(20)21/h5-10,12H,11H2,1-4H3. The molecule has 2 aromatic carbocycles. The molecule has 0 fully saturated rings. The number of para-hydroxylation sites is 1. The van der Waals surface area contributed by atoms with Gasteiger partial charge < -0.3 is 4.57 Å². The highest BCUT2D eigenvalue weighted by molar-refractivity contribution is 7.73. The van der Waals surface area contributed by atoms with Crippen LogP contribution in [0.1, 0.15) is 42.0 Å². The molecule has 0 spiro atoms. The first kappa shape index (κ1) is 15.4. The van der Waals surface area contributed by atoms with Gasteiger partial charge in [0.15, 0.2) is 3.95 Å². The van der Waals surface area contributed by atoms with Crippen molar-refractivity contribution in [3.8, 4) is 0 Å². The van der Waals surface area contributed by atoms with E-state index in [9.17, 15) is 0 Å². The summed E-state index contributed by atoms with van der Waals surface area (Å²) in [6.07, 6.45) is 0. The average Bonchev–Trinajstić information content (AvgIpc) is 2.77. The third kappa shape index (κ3) is 2.75. The van der Waals surface area contributed by atoms with Crippen molar-refractivity contribution < 1.29 is 0 Å². The zero-order valence-electron chi connectivity index (χ0n) is 13.5. The Morgan fingerprint density at radius 3 is 2.55 bits per heavy atom. The summed E-state index contributed by atoms with van der Waals surface area (Å²) in [6, 6.07) is 13.1. The second-order valence-electron chi connectivity index (χ2n) is 6.21. The molecular formula is C19H21NS2. The van der Waals surface area contributed by atoms with Crippen LogP contribution < -0.4 is 0 Å². The minimum absolute atomic E-state index is 0.548. The van der Waals surface area contributed by atoms with Crippen LogP contribution in [0, 0.1) is 17.8 Å². The number of hydrogen-bond acceptors (Lipinski definition) is 2. The van der Waals surface area contributed by atoms with Gasteiger partial charge in [0, 0.05) is 6.54 Å². The highest BCUT2D eigenvalue weighted by atomic mass is 32.1. The van der Waals surface area contributed by atoms with Crippen LogP contribution in [-0.4, -0.2) is 4.57 Å². The lowest BCUT2D eigenvalue weighted by Gasteiger charge is -2.16. The van der Waals surface area contributed by atoms with Crippen LogP contribution in [0.4, 0.5) is 0 Å². The van der Waals surface area contributed by atoms with E-state index in [1.807, 2.05) is 0 Å². The molecule has 0 aliphatic carbocycles. The maximum absolute atomic E-state index is 5.59. The Kier molecular flexibility index (Phi) is 4.20. The van der Waals surface area contributed by atoms with E-state index in [2.05, 4.69) is 68.7 Å². The van der Waals surface area contributed by atoms with Crippen LogP contribution in [0.15, 0.2) is 36.4 Å². The highest BCUT2D eigenvalue weighted by Crippen LogP contribution is 2.27. The maximum Gasteiger partial charge on any atom is 0.162 e. The smallest absolute Gasteiger partial charge is 0.162 e. The van der Waals surface area contributed by atoms with Crippen LogP contribution in [-0.2, 0) is 6.54 Å². The van der Waals surface area contributed by atoms with Crippen LogP contribution >= 0.6 is 23.6 Å². The average molecular weight is 328 g/mol. The third-order valence-electron chi connectivity index (χ3n) is 4.25. The quantitative estimate of drug-likeness (QED) is 0.517. The molecule has 114 valence electrons. The van der Waals surface area contributed by atoms with Gasteiger partial charge >= 0.3 is 0 Å². The first-order valence-electron chi connectivity index (χ1n) is 7.65. The van der Waals surface area contributed by atoms with Crippen LogP contribution in [0.2, 0.25) is 0 Å². The molecule has 1 nitrogen and oxygen atoms in total. The van der Waals surface area contributed by atoms with Crippen molar-refractivity contribution >= 4 is 33.8 Å². The number of aromatic nitrogens is 1. The van der Waals surface area contributed by atoms with Crippen molar-refractivity contribution in [1.82, 2.24) is 4.57 Å². The lowest BCUT2D eigenvalue weighted by Crippen LogP contribution is -2.04. The normalized spacial score (nSPS) is 11.5. The van der Waals surface area contributed by atoms with Crippen molar-refractivity contribution in [2.24, 2.45) is 0 Å². The second kappa shape index (κ2) is 5.98. The maximum atomic E-state index is 5.59. The van der Waals surface area contributed by atoms with Gasteiger partial charge in [-0.2, -0.15) is 0 Å². The monoisotopic (exact) mass is 327 g/mol. The van der Waals surface area contributed by atoms with E-state index in [0.717, 1.165) is 10.5 Å². The molecule has 0 atom stereocenters. The molecule has 1 aromatic heterocycles. The van der Waals surface area contributed by atoms with E-state index in [1.165, 1.54) is 32.5 Å². The molecule has 0 saturated heterocycles. The van der Waals surface area contributed by atoms with E-state index in [-0.39, 0.29) is 0 Å². The molecule has 1 heterocycles. The summed E-state index contributed by atoms with van der Waals surface area (Å²) >= 11 is 7.28. The SMILES string of the molecule is Cc1cc(C)c(C(C)C)cc1Cn1c(=S)sc2ccccc21. The number of aryl methyl sites for hydroxylation is 2. The van der Waals surface area contributed by atoms with Crippen LogP contribution in [0.25, 0.3) is 10.2 Å². The number of rotatable bonds is 3. The van der Waals surface area contributed by atoms with Crippen molar-refractivity contribution in [2.75, 3.05) is 0 Å². The van der Waals surface area contributed by atoms with E-state index < -0.39 is 0 Å². The summed E-state index contributed by atoms with van der Waals surface area (Å²) in [4.78, 5) is 0. The fraction of sp³-hybridized carbons (Fsp3) is 0.316. The molecule has 0 aliphatic rings. The molecule has 22 heavy (non-hydrogen) atoms. The van der Waals surface area contributed by atoms with Gasteiger partial charge in [0.05, 0.1) is 10.2 Å². The predicted octanol–water partition coefficient (Wildman–Crippen LogP) is 6.22. The largest absolute Gasteiger partial charge is 0.318 e. The molecule has 0 N–H and O–H groups in total. The van der Waals surface area contributed by atoms with Gasteiger partial charge in [0.2, 0.25) is 0 Å². The Labute approximate surface area is 141 Å². The number of thiazole rings is 1. The van der Waals surface area contributed by atoms with Crippen LogP contribution in [0.5, 0.6) is 0 Å². The Hall–Kier alpha value is -1.45. The third-order valence-corrected chi connectivity index (χ3v) is 5.68. The molecule has 0 amide bonds. The summed E-state index contributed by atoms with van der Waals surface area (Å²) in [5.41, 5.74) is 6.78. The zero-order chi connectivity index (χ0) is 15.9. The molecule has 0 aliphatic heterocycles. The van der Waals surface area contributed by atoms with Crippen molar-refractivity contribution in [3.05, 3.63) is 62.6 Å². The van der Waals surface area contributed by atoms with Crippen LogP contribution in [0.3, 0.4) is 0 Å². The first-order chi connectivity index (χ1) is 10.5. The summed E-state index contributed by atoms with van der Waals surface area (Å²) in [6.45, 7) is 9.78. The Morgan fingerprint density at radius 2 is 1.82 bits per heavy atom. The predicted molar refractivity (Wildman–Crippen MR) is 99.8 cm³/mol. The molecule has 0 saturated carbocycles. The van der Waals surface area contributed by atoms with Gasteiger partial charge in [0.1, 0.15) is 0 Å². The summed E-state index contributed by atoms with van der Waals surface area (Å²) in [5, 5.41) is 0. The number of hydrogen-bond donors (Lipinski definition) is 0. The Balaban J connectivity index is 2.11. The van der Waals surface area contributed by atoms with Crippen molar-refractivity contribution in [2.45, 2.75) is 40.2 Å². The highest BCUT2D eigenvalue weighted by Gasteiger charge is 2.10. The second-order valence-corrected chi connectivity index (χ2v) is 7.89. The molecule has 3 rings (SSSR count). The Bertz CT molecular complexity index is 884. The van der Waals surface area contributed by atoms with Crippen molar-refractivity contribution in [3.63, 3.8) is 0 Å². The van der Waals surface area contributed by atoms with E-state index >= 15 is 0 Å².